The van der Waals surface area contributed by atoms with Crippen LogP contribution in [0.5, 0.6) is 0 Å². The highest BCUT2D eigenvalue weighted by Gasteiger charge is 2.04. The molecule has 0 aromatic heterocycles. The minimum atomic E-state index is -0.671. The molecule has 1 nitrogen and oxygen atoms in total. The van der Waals surface area contributed by atoms with Gasteiger partial charge in [0.1, 0.15) is 0 Å². The Morgan fingerprint density at radius 1 is 0.867 bits per heavy atom. The highest BCUT2D eigenvalue weighted by molar-refractivity contribution is 4.96. The van der Waals surface area contributed by atoms with Gasteiger partial charge in [0.05, 0.1) is 5.60 Å². The number of unbranched alkanes of at least 4 members (excludes halogenated alkanes) is 2. The fourth-order valence-electron chi connectivity index (χ4n) is 1.16. The van der Waals surface area contributed by atoms with Crippen LogP contribution in [0.1, 0.15) is 46.5 Å². The van der Waals surface area contributed by atoms with Gasteiger partial charge in [0.2, 0.25) is 0 Å². The molecule has 0 aromatic carbocycles. The third kappa shape index (κ3) is 13.2. The van der Waals surface area contributed by atoms with E-state index >= 15 is 0 Å². The van der Waals surface area contributed by atoms with Crippen LogP contribution in [0.4, 0.5) is 0 Å². The van der Waals surface area contributed by atoms with Gasteiger partial charge in [0.25, 0.3) is 0 Å². The first-order chi connectivity index (χ1) is 7.06. The summed E-state index contributed by atoms with van der Waals surface area (Å²) in [7, 11) is 0. The van der Waals surface area contributed by atoms with Gasteiger partial charge in [-0.05, 0) is 46.5 Å². The summed E-state index contributed by atoms with van der Waals surface area (Å²) in [4.78, 5) is 0. The Morgan fingerprint density at radius 2 is 1.33 bits per heavy atom. The van der Waals surface area contributed by atoms with Crippen molar-refractivity contribution in [2.24, 2.45) is 0 Å². The molecule has 0 aliphatic carbocycles. The van der Waals surface area contributed by atoms with E-state index in [1.807, 2.05) is 19.1 Å². The van der Waals surface area contributed by atoms with Crippen LogP contribution in [0.25, 0.3) is 0 Å². The van der Waals surface area contributed by atoms with Crippen molar-refractivity contribution in [3.05, 3.63) is 36.5 Å². The van der Waals surface area contributed by atoms with E-state index in [2.05, 4.69) is 24.3 Å². The number of allylic oxidation sites excluding steroid dienone is 5. The molecule has 0 aliphatic heterocycles. The maximum atomic E-state index is 9.41. The lowest BCUT2D eigenvalue weighted by Crippen LogP contribution is -2.13. The Labute approximate surface area is 94.2 Å². The molecular weight excluding hydrogens is 184 g/mol. The molecule has 0 amide bonds. The third-order valence-electron chi connectivity index (χ3n) is 1.93. The van der Waals surface area contributed by atoms with Crippen LogP contribution < -0.4 is 0 Å². The van der Waals surface area contributed by atoms with Crippen molar-refractivity contribution in [2.45, 2.75) is 52.1 Å². The second-order valence-electron chi connectivity index (χ2n) is 4.25. The van der Waals surface area contributed by atoms with Crippen molar-refractivity contribution in [2.75, 3.05) is 0 Å². The summed E-state index contributed by atoms with van der Waals surface area (Å²) in [6.45, 7) is 5.62. The Balaban J connectivity index is 3.42. The molecule has 1 heteroatoms. The third-order valence-corrected chi connectivity index (χ3v) is 1.93. The number of hydrogen-bond acceptors (Lipinski definition) is 1. The molecule has 0 radical (unpaired) electrons. The largest absolute Gasteiger partial charge is 0.386 e. The van der Waals surface area contributed by atoms with Crippen molar-refractivity contribution in [1.82, 2.24) is 0 Å². The van der Waals surface area contributed by atoms with E-state index in [1.165, 1.54) is 0 Å². The van der Waals surface area contributed by atoms with Crippen molar-refractivity contribution >= 4 is 0 Å². The van der Waals surface area contributed by atoms with Gasteiger partial charge in [-0.25, -0.2) is 0 Å². The summed E-state index contributed by atoms with van der Waals surface area (Å²) in [5.41, 5.74) is -0.671. The summed E-state index contributed by atoms with van der Waals surface area (Å²) in [5, 5.41) is 9.41. The fourth-order valence-corrected chi connectivity index (χ4v) is 1.16. The van der Waals surface area contributed by atoms with E-state index in [0.29, 0.717) is 0 Å². The second-order valence-corrected chi connectivity index (χ2v) is 4.25. The molecule has 0 spiro atoms. The van der Waals surface area contributed by atoms with Gasteiger partial charge in [-0.1, -0.05) is 36.5 Å². The number of rotatable bonds is 7. The highest BCUT2D eigenvalue weighted by atomic mass is 16.3. The minimum absolute atomic E-state index is 0.671. The molecule has 0 aromatic rings. The van der Waals surface area contributed by atoms with Crippen molar-refractivity contribution in [3.8, 4) is 0 Å². The molecule has 1 N–H and O–H groups in total. The van der Waals surface area contributed by atoms with E-state index in [1.54, 1.807) is 13.8 Å². The zero-order valence-electron chi connectivity index (χ0n) is 10.2. The SMILES string of the molecule is CC=CCCC=CCCC=CC(C)(C)O. The van der Waals surface area contributed by atoms with E-state index in [-0.39, 0.29) is 0 Å². The molecule has 0 fully saturated rings. The molecule has 0 aliphatic rings. The Morgan fingerprint density at radius 3 is 1.80 bits per heavy atom. The topological polar surface area (TPSA) is 20.2 Å². The second kappa shape index (κ2) is 8.49. The average molecular weight is 208 g/mol. The smallest absolute Gasteiger partial charge is 0.0771 e. The Bertz CT molecular complexity index is 216. The first-order valence-corrected chi connectivity index (χ1v) is 5.72. The van der Waals surface area contributed by atoms with Crippen molar-refractivity contribution in [1.29, 1.82) is 0 Å². The Kier molecular flexibility index (Phi) is 8.02. The number of aliphatic hydroxyl groups is 1. The normalized spacial score (nSPS) is 13.6. The zero-order chi connectivity index (χ0) is 11.6. The van der Waals surface area contributed by atoms with Gasteiger partial charge in [-0.3, -0.25) is 0 Å². The van der Waals surface area contributed by atoms with Crippen LogP contribution >= 0.6 is 0 Å². The van der Waals surface area contributed by atoms with Gasteiger partial charge in [-0.15, -0.1) is 0 Å². The zero-order valence-corrected chi connectivity index (χ0v) is 10.2. The summed E-state index contributed by atoms with van der Waals surface area (Å²) >= 11 is 0. The van der Waals surface area contributed by atoms with Crippen LogP contribution in [-0.2, 0) is 0 Å². The van der Waals surface area contributed by atoms with Gasteiger partial charge in [-0.2, -0.15) is 0 Å². The van der Waals surface area contributed by atoms with Gasteiger partial charge < -0.3 is 5.11 Å². The average Bonchev–Trinajstić information content (AvgIpc) is 2.14. The maximum absolute atomic E-state index is 9.41. The molecule has 0 heterocycles. The predicted molar refractivity (Wildman–Crippen MR) is 67.9 cm³/mol. The van der Waals surface area contributed by atoms with Crippen molar-refractivity contribution in [3.63, 3.8) is 0 Å². The molecule has 0 atom stereocenters. The molecule has 0 saturated heterocycles. The number of hydrogen-bond donors (Lipinski definition) is 1. The lowest BCUT2D eigenvalue weighted by atomic mass is 10.1. The lowest BCUT2D eigenvalue weighted by Gasteiger charge is -2.09. The highest BCUT2D eigenvalue weighted by Crippen LogP contribution is 2.04. The molecule has 86 valence electrons. The van der Waals surface area contributed by atoms with E-state index < -0.39 is 5.60 Å². The molecule has 0 saturated carbocycles. The lowest BCUT2D eigenvalue weighted by molar-refractivity contribution is 0.133. The molecule has 0 bridgehead atoms. The summed E-state index contributed by atoms with van der Waals surface area (Å²) in [5.74, 6) is 0. The van der Waals surface area contributed by atoms with Gasteiger partial charge in [0, 0.05) is 0 Å². The Hall–Kier alpha value is -0.820. The fraction of sp³-hybridized carbons (Fsp3) is 0.571. The van der Waals surface area contributed by atoms with E-state index in [4.69, 9.17) is 0 Å². The van der Waals surface area contributed by atoms with Crippen LogP contribution in [0.3, 0.4) is 0 Å². The quantitative estimate of drug-likeness (QED) is 0.495. The summed E-state index contributed by atoms with van der Waals surface area (Å²) < 4.78 is 0. The van der Waals surface area contributed by atoms with Crippen LogP contribution in [0, 0.1) is 0 Å². The molecular formula is C14H24O. The summed E-state index contributed by atoms with van der Waals surface area (Å²) in [6.07, 6.45) is 16.9. The summed E-state index contributed by atoms with van der Waals surface area (Å²) in [6, 6.07) is 0. The van der Waals surface area contributed by atoms with Crippen LogP contribution in [-0.4, -0.2) is 10.7 Å². The van der Waals surface area contributed by atoms with Crippen LogP contribution in [0.15, 0.2) is 36.5 Å². The maximum Gasteiger partial charge on any atom is 0.0771 e. The molecule has 0 rings (SSSR count). The van der Waals surface area contributed by atoms with Gasteiger partial charge in [0.15, 0.2) is 0 Å². The first-order valence-electron chi connectivity index (χ1n) is 5.72. The van der Waals surface area contributed by atoms with Crippen molar-refractivity contribution < 1.29 is 5.11 Å². The van der Waals surface area contributed by atoms with Gasteiger partial charge >= 0.3 is 0 Å². The van der Waals surface area contributed by atoms with Crippen LogP contribution in [0.2, 0.25) is 0 Å². The standard InChI is InChI=1S/C14H24O/c1-4-5-6-7-8-9-10-11-12-13-14(2,3)15/h4-5,8-9,12-13,15H,6-7,10-11H2,1-3H3. The monoisotopic (exact) mass is 208 g/mol. The molecule has 0 unspecified atom stereocenters. The molecule has 15 heavy (non-hydrogen) atoms. The first kappa shape index (κ1) is 14.2. The van der Waals surface area contributed by atoms with E-state index in [9.17, 15) is 5.11 Å². The minimum Gasteiger partial charge on any atom is -0.386 e. The predicted octanol–water partition coefficient (Wildman–Crippen LogP) is 4.01. The van der Waals surface area contributed by atoms with E-state index in [0.717, 1.165) is 25.7 Å².